The molecular formula is C22H31N3O2. The number of benzene rings is 1. The predicted octanol–water partition coefficient (Wildman–Crippen LogP) is 3.82. The van der Waals surface area contributed by atoms with E-state index in [1.165, 1.54) is 11.1 Å². The van der Waals surface area contributed by atoms with E-state index in [0.717, 1.165) is 37.3 Å². The third-order valence-corrected chi connectivity index (χ3v) is 5.46. The topological polar surface area (TPSA) is 58.4 Å². The van der Waals surface area contributed by atoms with Gasteiger partial charge in [0, 0.05) is 25.6 Å². The van der Waals surface area contributed by atoms with E-state index in [2.05, 4.69) is 55.5 Å². The van der Waals surface area contributed by atoms with Crippen molar-refractivity contribution in [1.29, 1.82) is 0 Å². The summed E-state index contributed by atoms with van der Waals surface area (Å²) < 4.78 is 5.46. The minimum Gasteiger partial charge on any atom is -0.360 e. The number of rotatable bonds is 6. The monoisotopic (exact) mass is 369 g/mol. The highest BCUT2D eigenvalue weighted by atomic mass is 16.5. The molecule has 3 rings (SSSR count). The smallest absolute Gasteiger partial charge is 0.219 e. The minimum atomic E-state index is 0.153. The maximum atomic E-state index is 12.2. The van der Waals surface area contributed by atoms with Gasteiger partial charge in [-0.2, -0.15) is 0 Å². The maximum Gasteiger partial charge on any atom is 0.219 e. The number of carbonyl (C=O) groups excluding carboxylic acids is 1. The Bertz CT molecular complexity index is 751. The van der Waals surface area contributed by atoms with E-state index in [0.29, 0.717) is 12.5 Å². The van der Waals surface area contributed by atoms with Crippen LogP contribution < -0.4 is 5.32 Å². The molecule has 0 bridgehead atoms. The quantitative estimate of drug-likeness (QED) is 0.841. The Morgan fingerprint density at radius 3 is 2.70 bits per heavy atom. The fourth-order valence-corrected chi connectivity index (χ4v) is 3.82. The predicted molar refractivity (Wildman–Crippen MR) is 107 cm³/mol. The van der Waals surface area contributed by atoms with Gasteiger partial charge in [-0.3, -0.25) is 4.79 Å². The van der Waals surface area contributed by atoms with Crippen molar-refractivity contribution in [3.8, 4) is 0 Å². The number of hydrogen-bond donors (Lipinski definition) is 1. The summed E-state index contributed by atoms with van der Waals surface area (Å²) in [7, 11) is 0. The van der Waals surface area contributed by atoms with Crippen LogP contribution in [0.1, 0.15) is 62.1 Å². The van der Waals surface area contributed by atoms with E-state index in [1.807, 2.05) is 11.0 Å². The number of likely N-dealkylation sites (tertiary alicyclic amines) is 1. The number of carbonyl (C=O) groups is 1. The molecule has 1 aliphatic heterocycles. The van der Waals surface area contributed by atoms with Crippen molar-refractivity contribution in [2.45, 2.75) is 71.5 Å². The van der Waals surface area contributed by atoms with E-state index < -0.39 is 0 Å². The van der Waals surface area contributed by atoms with Gasteiger partial charge < -0.3 is 14.7 Å². The van der Waals surface area contributed by atoms with Crippen LogP contribution in [0.25, 0.3) is 0 Å². The lowest BCUT2D eigenvalue weighted by molar-refractivity contribution is -0.133. The molecule has 0 spiro atoms. The Morgan fingerprint density at radius 2 is 2.07 bits per heavy atom. The van der Waals surface area contributed by atoms with Crippen LogP contribution in [-0.2, 0) is 17.8 Å². The number of aromatic nitrogens is 1. The van der Waals surface area contributed by atoms with Crippen LogP contribution in [-0.4, -0.2) is 34.6 Å². The van der Waals surface area contributed by atoms with Crippen LogP contribution in [0.15, 0.2) is 34.9 Å². The van der Waals surface area contributed by atoms with Gasteiger partial charge >= 0.3 is 0 Å². The first-order valence-electron chi connectivity index (χ1n) is 9.95. The molecule has 2 atom stereocenters. The summed E-state index contributed by atoms with van der Waals surface area (Å²) in [5.41, 5.74) is 3.51. The molecule has 0 unspecified atom stereocenters. The Labute approximate surface area is 162 Å². The van der Waals surface area contributed by atoms with Crippen LogP contribution in [0.5, 0.6) is 0 Å². The van der Waals surface area contributed by atoms with Gasteiger partial charge in [-0.05, 0) is 37.7 Å². The highest BCUT2D eigenvalue weighted by Crippen LogP contribution is 2.23. The molecular weight excluding hydrogens is 338 g/mol. The number of nitrogens with one attached hydrogen (secondary N) is 1. The van der Waals surface area contributed by atoms with Crippen LogP contribution in [0.4, 0.5) is 0 Å². The summed E-state index contributed by atoms with van der Waals surface area (Å²) in [4.78, 5) is 14.2. The van der Waals surface area contributed by atoms with Gasteiger partial charge in [0.25, 0.3) is 0 Å². The molecule has 27 heavy (non-hydrogen) atoms. The number of hydrogen-bond acceptors (Lipinski definition) is 4. The summed E-state index contributed by atoms with van der Waals surface area (Å²) in [6.45, 7) is 9.47. The van der Waals surface area contributed by atoms with Crippen LogP contribution in [0.2, 0.25) is 0 Å². The summed E-state index contributed by atoms with van der Waals surface area (Å²) in [6.07, 6.45) is 2.95. The zero-order valence-electron chi connectivity index (χ0n) is 16.9. The van der Waals surface area contributed by atoms with Crippen molar-refractivity contribution >= 4 is 5.91 Å². The number of nitrogens with zero attached hydrogens (tertiary/aromatic N) is 2. The molecule has 1 aliphatic rings. The number of aryl methyl sites for hydroxylation is 1. The largest absolute Gasteiger partial charge is 0.360 e. The van der Waals surface area contributed by atoms with Crippen molar-refractivity contribution in [2.24, 2.45) is 0 Å². The van der Waals surface area contributed by atoms with Gasteiger partial charge in [0.2, 0.25) is 5.91 Å². The first-order valence-corrected chi connectivity index (χ1v) is 9.95. The molecule has 1 aromatic heterocycles. The lowest BCUT2D eigenvalue weighted by atomic mass is 9.90. The third kappa shape index (κ3) is 4.98. The van der Waals surface area contributed by atoms with Gasteiger partial charge in [-0.1, -0.05) is 48.8 Å². The van der Waals surface area contributed by atoms with Crippen molar-refractivity contribution in [3.05, 3.63) is 52.9 Å². The maximum absolute atomic E-state index is 12.2. The molecule has 1 fully saturated rings. The molecule has 1 N–H and O–H groups in total. The Balaban J connectivity index is 1.71. The molecule has 5 nitrogen and oxygen atoms in total. The first kappa shape index (κ1) is 19.6. The number of piperidine rings is 1. The fraction of sp³-hybridized carbons (Fsp3) is 0.545. The van der Waals surface area contributed by atoms with Gasteiger partial charge in [-0.15, -0.1) is 0 Å². The molecule has 0 saturated carbocycles. The summed E-state index contributed by atoms with van der Waals surface area (Å²) >= 11 is 0. The van der Waals surface area contributed by atoms with E-state index in [-0.39, 0.29) is 18.0 Å². The molecule has 2 aromatic rings. The minimum absolute atomic E-state index is 0.153. The summed E-state index contributed by atoms with van der Waals surface area (Å²) in [5, 5.41) is 7.77. The number of amides is 1. The average molecular weight is 370 g/mol. The van der Waals surface area contributed by atoms with Crippen LogP contribution >= 0.6 is 0 Å². The molecule has 0 radical (unpaired) electrons. The second-order valence-electron chi connectivity index (χ2n) is 7.97. The summed E-state index contributed by atoms with van der Waals surface area (Å²) in [6, 6.07) is 11.1. The SMILES string of the molecule is CC(=O)N1CCC[C@H](NCc2cc(C(C)C)no2)[C@@H]1Cc1ccc(C)cc1. The van der Waals surface area contributed by atoms with Crippen molar-refractivity contribution in [2.75, 3.05) is 6.54 Å². The zero-order chi connectivity index (χ0) is 19.4. The second kappa shape index (κ2) is 8.70. The van der Waals surface area contributed by atoms with Crippen molar-refractivity contribution in [1.82, 2.24) is 15.4 Å². The van der Waals surface area contributed by atoms with Gasteiger partial charge in [0.05, 0.1) is 18.3 Å². The Kier molecular flexibility index (Phi) is 6.32. The van der Waals surface area contributed by atoms with Crippen molar-refractivity contribution in [3.63, 3.8) is 0 Å². The Hall–Kier alpha value is -2.14. The second-order valence-corrected chi connectivity index (χ2v) is 7.97. The molecule has 146 valence electrons. The molecule has 0 aliphatic carbocycles. The van der Waals surface area contributed by atoms with E-state index in [4.69, 9.17) is 4.52 Å². The van der Waals surface area contributed by atoms with E-state index in [1.54, 1.807) is 6.92 Å². The van der Waals surface area contributed by atoms with E-state index in [9.17, 15) is 4.79 Å². The zero-order valence-corrected chi connectivity index (χ0v) is 16.9. The highest BCUT2D eigenvalue weighted by Gasteiger charge is 2.32. The lowest BCUT2D eigenvalue weighted by Crippen LogP contribution is -2.56. The van der Waals surface area contributed by atoms with E-state index >= 15 is 0 Å². The molecule has 1 aromatic carbocycles. The first-order chi connectivity index (χ1) is 12.9. The molecule has 2 heterocycles. The van der Waals surface area contributed by atoms with Gasteiger partial charge in [0.15, 0.2) is 5.76 Å². The van der Waals surface area contributed by atoms with Crippen LogP contribution in [0.3, 0.4) is 0 Å². The molecule has 5 heteroatoms. The standard InChI is InChI=1S/C22H31N3O2/c1-15(2)21-13-19(27-24-21)14-23-20-6-5-11-25(17(4)26)22(20)12-18-9-7-16(3)8-10-18/h7-10,13,15,20,22-23H,5-6,11-12,14H2,1-4H3/t20-,22-/m0/s1. The molecule has 1 saturated heterocycles. The summed E-state index contributed by atoms with van der Waals surface area (Å²) in [5.74, 6) is 1.37. The average Bonchev–Trinajstić information content (AvgIpc) is 3.12. The normalized spacial score (nSPS) is 20.3. The molecule has 1 amide bonds. The Morgan fingerprint density at radius 1 is 1.33 bits per heavy atom. The third-order valence-electron chi connectivity index (χ3n) is 5.46. The lowest BCUT2D eigenvalue weighted by Gasteiger charge is -2.41. The van der Waals surface area contributed by atoms with Gasteiger partial charge in [-0.25, -0.2) is 0 Å². The van der Waals surface area contributed by atoms with Gasteiger partial charge in [0.1, 0.15) is 0 Å². The van der Waals surface area contributed by atoms with Crippen molar-refractivity contribution < 1.29 is 9.32 Å². The fourth-order valence-electron chi connectivity index (χ4n) is 3.82. The highest BCUT2D eigenvalue weighted by molar-refractivity contribution is 5.73. The van der Waals surface area contributed by atoms with Crippen LogP contribution in [0, 0.1) is 6.92 Å².